The Balaban J connectivity index is 2.55. The normalized spacial score (nSPS) is 19.1. The Bertz CT molecular complexity index is 296. The van der Waals surface area contributed by atoms with Crippen molar-refractivity contribution in [3.8, 4) is 6.07 Å². The Morgan fingerprint density at radius 3 is 2.44 bits per heavy atom. The van der Waals surface area contributed by atoms with Crippen LogP contribution in [-0.4, -0.2) is 12.5 Å². The van der Waals surface area contributed by atoms with E-state index in [0.717, 1.165) is 32.1 Å². The van der Waals surface area contributed by atoms with Crippen LogP contribution in [0.5, 0.6) is 0 Å². The van der Waals surface area contributed by atoms with Gasteiger partial charge in [0.2, 0.25) is 5.91 Å². The third kappa shape index (κ3) is 2.75. The summed E-state index contributed by atoms with van der Waals surface area (Å²) in [4.78, 5) is 12.0. The highest BCUT2D eigenvalue weighted by molar-refractivity contribution is 5.85. The first kappa shape index (κ1) is 13.0. The summed E-state index contributed by atoms with van der Waals surface area (Å²) in [5, 5.41) is 12.1. The van der Waals surface area contributed by atoms with E-state index in [0.29, 0.717) is 6.54 Å². The van der Waals surface area contributed by atoms with Gasteiger partial charge in [0.1, 0.15) is 5.41 Å². The first-order chi connectivity index (χ1) is 7.46. The first-order valence-electron chi connectivity index (χ1n) is 6.15. The summed E-state index contributed by atoms with van der Waals surface area (Å²) in [6.45, 7) is 7.02. The molecule has 1 saturated carbocycles. The van der Waals surface area contributed by atoms with Gasteiger partial charge < -0.3 is 5.32 Å². The molecule has 0 radical (unpaired) electrons. The second-order valence-corrected chi connectivity index (χ2v) is 5.60. The molecule has 1 rings (SSSR count). The van der Waals surface area contributed by atoms with E-state index in [2.05, 4.69) is 32.2 Å². The van der Waals surface area contributed by atoms with Gasteiger partial charge in [-0.3, -0.25) is 4.79 Å². The fraction of sp³-hybridized carbons (Fsp3) is 0.846. The van der Waals surface area contributed by atoms with Crippen LogP contribution in [0.4, 0.5) is 0 Å². The lowest BCUT2D eigenvalue weighted by molar-refractivity contribution is -0.128. The van der Waals surface area contributed by atoms with Gasteiger partial charge in [0.25, 0.3) is 0 Å². The summed E-state index contributed by atoms with van der Waals surface area (Å²) in [5.41, 5.74) is -0.616. The summed E-state index contributed by atoms with van der Waals surface area (Å²) in [6, 6.07) is 2.22. The minimum Gasteiger partial charge on any atom is -0.354 e. The molecule has 0 saturated heterocycles. The predicted molar refractivity (Wildman–Crippen MR) is 63.6 cm³/mol. The molecular formula is C13H22N2O. The highest BCUT2D eigenvalue weighted by atomic mass is 16.2. The summed E-state index contributed by atoms with van der Waals surface area (Å²) in [7, 11) is 0. The lowest BCUT2D eigenvalue weighted by Gasteiger charge is -2.26. The maximum atomic E-state index is 12.0. The van der Waals surface area contributed by atoms with Gasteiger partial charge in [0.05, 0.1) is 6.07 Å². The average Bonchev–Trinajstić information content (AvgIpc) is 2.76. The van der Waals surface area contributed by atoms with Gasteiger partial charge in [-0.1, -0.05) is 33.6 Å². The lowest BCUT2D eigenvalue weighted by atomic mass is 9.85. The molecule has 90 valence electrons. The third-order valence-electron chi connectivity index (χ3n) is 3.79. The van der Waals surface area contributed by atoms with Gasteiger partial charge >= 0.3 is 0 Å². The van der Waals surface area contributed by atoms with Crippen molar-refractivity contribution in [2.24, 2.45) is 10.8 Å². The molecule has 0 aliphatic heterocycles. The van der Waals surface area contributed by atoms with Crippen molar-refractivity contribution >= 4 is 5.91 Å². The molecule has 1 N–H and O–H groups in total. The second kappa shape index (κ2) is 4.86. The van der Waals surface area contributed by atoms with Crippen molar-refractivity contribution in [1.82, 2.24) is 5.32 Å². The zero-order chi connectivity index (χ0) is 12.2. The van der Waals surface area contributed by atoms with Crippen molar-refractivity contribution in [3.63, 3.8) is 0 Å². The standard InChI is InChI=1S/C13H22N2O/c1-4-12(2,3)10-15-11(16)13(9-14)7-5-6-8-13/h4-8,10H2,1-3H3,(H,15,16). The summed E-state index contributed by atoms with van der Waals surface area (Å²) < 4.78 is 0. The van der Waals surface area contributed by atoms with Crippen molar-refractivity contribution in [1.29, 1.82) is 5.26 Å². The molecule has 0 aromatic rings. The minimum absolute atomic E-state index is 0.0611. The second-order valence-electron chi connectivity index (χ2n) is 5.60. The van der Waals surface area contributed by atoms with Gasteiger partial charge in [-0.25, -0.2) is 0 Å². The van der Waals surface area contributed by atoms with Crippen molar-refractivity contribution in [3.05, 3.63) is 0 Å². The number of rotatable bonds is 4. The van der Waals surface area contributed by atoms with Gasteiger partial charge in [0.15, 0.2) is 0 Å². The third-order valence-corrected chi connectivity index (χ3v) is 3.79. The van der Waals surface area contributed by atoms with E-state index in [-0.39, 0.29) is 11.3 Å². The Labute approximate surface area is 98.2 Å². The van der Waals surface area contributed by atoms with Crippen molar-refractivity contribution in [2.75, 3.05) is 6.54 Å². The van der Waals surface area contributed by atoms with Crippen molar-refractivity contribution in [2.45, 2.75) is 52.9 Å². The molecule has 0 spiro atoms. The Hall–Kier alpha value is -1.04. The maximum absolute atomic E-state index is 12.0. The molecule has 0 aromatic carbocycles. The quantitative estimate of drug-likeness (QED) is 0.795. The molecule has 1 amide bonds. The molecule has 0 heterocycles. The summed E-state index contributed by atoms with van der Waals surface area (Å²) in [6.07, 6.45) is 4.47. The first-order valence-corrected chi connectivity index (χ1v) is 6.15. The van der Waals surface area contributed by atoms with Gasteiger partial charge in [-0.15, -0.1) is 0 Å². The number of nitrogens with zero attached hydrogens (tertiary/aromatic N) is 1. The molecule has 1 aliphatic carbocycles. The SMILES string of the molecule is CCC(C)(C)CNC(=O)C1(C#N)CCCC1. The van der Waals surface area contributed by atoms with Gasteiger partial charge in [0, 0.05) is 6.54 Å². The van der Waals surface area contributed by atoms with E-state index in [1.54, 1.807) is 0 Å². The van der Waals surface area contributed by atoms with Crippen LogP contribution in [0.1, 0.15) is 52.9 Å². The average molecular weight is 222 g/mol. The highest BCUT2D eigenvalue weighted by Gasteiger charge is 2.41. The number of hydrogen-bond donors (Lipinski definition) is 1. The number of amides is 1. The fourth-order valence-electron chi connectivity index (χ4n) is 1.98. The van der Waals surface area contributed by atoms with Crippen LogP contribution < -0.4 is 5.32 Å². The summed E-state index contributed by atoms with van der Waals surface area (Å²) >= 11 is 0. The fourth-order valence-corrected chi connectivity index (χ4v) is 1.98. The van der Waals surface area contributed by atoms with E-state index in [4.69, 9.17) is 5.26 Å². The molecule has 0 bridgehead atoms. The maximum Gasteiger partial charge on any atom is 0.240 e. The number of carbonyl (C=O) groups is 1. The van der Waals surface area contributed by atoms with Crippen LogP contribution in [0.15, 0.2) is 0 Å². The molecular weight excluding hydrogens is 200 g/mol. The Kier molecular flexibility index (Phi) is 3.96. The molecule has 3 heteroatoms. The number of nitrogens with one attached hydrogen (secondary N) is 1. The van der Waals surface area contributed by atoms with Crippen LogP contribution in [0.3, 0.4) is 0 Å². The van der Waals surface area contributed by atoms with Crippen LogP contribution in [0, 0.1) is 22.2 Å². The predicted octanol–water partition coefficient (Wildman–Crippen LogP) is 2.62. The van der Waals surface area contributed by atoms with Gasteiger partial charge in [-0.05, 0) is 24.7 Å². The Morgan fingerprint density at radius 1 is 1.44 bits per heavy atom. The Morgan fingerprint density at radius 2 is 2.00 bits per heavy atom. The van der Waals surface area contributed by atoms with E-state index in [9.17, 15) is 4.79 Å². The molecule has 0 unspecified atom stereocenters. The van der Waals surface area contributed by atoms with E-state index < -0.39 is 5.41 Å². The largest absolute Gasteiger partial charge is 0.354 e. The van der Waals surface area contributed by atoms with Crippen LogP contribution >= 0.6 is 0 Å². The van der Waals surface area contributed by atoms with Crippen LogP contribution in [-0.2, 0) is 4.79 Å². The zero-order valence-corrected chi connectivity index (χ0v) is 10.6. The number of nitriles is 1. The molecule has 1 aliphatic rings. The number of hydrogen-bond acceptors (Lipinski definition) is 2. The zero-order valence-electron chi connectivity index (χ0n) is 10.6. The summed E-state index contributed by atoms with van der Waals surface area (Å²) in [5.74, 6) is -0.0611. The number of carbonyl (C=O) groups excluding carboxylic acids is 1. The minimum atomic E-state index is -0.732. The van der Waals surface area contributed by atoms with E-state index in [1.165, 1.54) is 0 Å². The molecule has 1 fully saturated rings. The monoisotopic (exact) mass is 222 g/mol. The topological polar surface area (TPSA) is 52.9 Å². The van der Waals surface area contributed by atoms with Crippen LogP contribution in [0.2, 0.25) is 0 Å². The molecule has 16 heavy (non-hydrogen) atoms. The van der Waals surface area contributed by atoms with Crippen molar-refractivity contribution < 1.29 is 4.79 Å². The van der Waals surface area contributed by atoms with Gasteiger partial charge in [-0.2, -0.15) is 5.26 Å². The molecule has 3 nitrogen and oxygen atoms in total. The smallest absolute Gasteiger partial charge is 0.240 e. The van der Waals surface area contributed by atoms with Crippen LogP contribution in [0.25, 0.3) is 0 Å². The molecule has 0 atom stereocenters. The lowest BCUT2D eigenvalue weighted by Crippen LogP contribution is -2.42. The van der Waals surface area contributed by atoms with E-state index >= 15 is 0 Å². The molecule has 0 aromatic heterocycles. The van der Waals surface area contributed by atoms with E-state index in [1.807, 2.05) is 0 Å². The highest BCUT2D eigenvalue weighted by Crippen LogP contribution is 2.37.